The van der Waals surface area contributed by atoms with Crippen LogP contribution >= 0.6 is 31.9 Å². The first kappa shape index (κ1) is 18.0. The van der Waals surface area contributed by atoms with Gasteiger partial charge in [0.1, 0.15) is 15.7 Å². The number of rotatable bonds is 5. The Hall–Kier alpha value is 0.0299. The van der Waals surface area contributed by atoms with Gasteiger partial charge in [0, 0.05) is 10.7 Å². The standard InChI is InChI=1S/C10H20B2Br2N2O2/c1-8(2,16-7(18)10(11,12)14)5-15-6(17)9(3,4)13/h5,11-12H2,1-4H3,(H,15,17)(H,16,18). The maximum atomic E-state index is 11.8. The molecule has 8 heteroatoms. The topological polar surface area (TPSA) is 58.2 Å². The molecule has 0 aliphatic carbocycles. The van der Waals surface area contributed by atoms with E-state index in [0.717, 1.165) is 0 Å². The van der Waals surface area contributed by atoms with Crippen LogP contribution < -0.4 is 10.6 Å². The third kappa shape index (κ3) is 6.83. The van der Waals surface area contributed by atoms with Crippen molar-refractivity contribution in [3.8, 4) is 0 Å². The van der Waals surface area contributed by atoms with Gasteiger partial charge in [0.15, 0.2) is 0 Å². The van der Waals surface area contributed by atoms with E-state index in [1.165, 1.54) is 0 Å². The molecule has 0 radical (unpaired) electrons. The summed E-state index contributed by atoms with van der Waals surface area (Å²) in [6.45, 7) is 7.65. The summed E-state index contributed by atoms with van der Waals surface area (Å²) in [6.07, 6.45) is 0. The van der Waals surface area contributed by atoms with Crippen LogP contribution in [0, 0.1) is 0 Å². The highest BCUT2D eigenvalue weighted by atomic mass is 79.9. The average Bonchev–Trinajstić information content (AvgIpc) is 2.10. The molecule has 0 aromatic carbocycles. The quantitative estimate of drug-likeness (QED) is 0.498. The molecule has 2 amide bonds. The van der Waals surface area contributed by atoms with Gasteiger partial charge in [0.25, 0.3) is 0 Å². The Morgan fingerprint density at radius 2 is 1.50 bits per heavy atom. The van der Waals surface area contributed by atoms with Crippen molar-refractivity contribution in [3.63, 3.8) is 0 Å². The summed E-state index contributed by atoms with van der Waals surface area (Å²) in [5, 5.41) is 5.69. The molecule has 2 N–H and O–H groups in total. The molecule has 0 saturated carbocycles. The highest BCUT2D eigenvalue weighted by molar-refractivity contribution is 9.11. The van der Waals surface area contributed by atoms with Crippen LogP contribution in [-0.4, -0.2) is 48.0 Å². The molecule has 18 heavy (non-hydrogen) atoms. The third-order valence-corrected chi connectivity index (χ3v) is 2.94. The molecule has 0 rings (SSSR count). The Morgan fingerprint density at radius 1 is 1.06 bits per heavy atom. The summed E-state index contributed by atoms with van der Waals surface area (Å²) in [7, 11) is 3.55. The number of carbonyl (C=O) groups excluding carboxylic acids is 2. The Morgan fingerprint density at radius 3 is 1.83 bits per heavy atom. The molecule has 0 atom stereocenters. The summed E-state index contributed by atoms with van der Waals surface area (Å²) in [4.78, 5) is 23.6. The van der Waals surface area contributed by atoms with Crippen molar-refractivity contribution < 1.29 is 9.59 Å². The van der Waals surface area contributed by atoms with Crippen molar-refractivity contribution in [3.05, 3.63) is 0 Å². The van der Waals surface area contributed by atoms with Gasteiger partial charge >= 0.3 is 0 Å². The van der Waals surface area contributed by atoms with Crippen molar-refractivity contribution in [2.45, 2.75) is 41.7 Å². The van der Waals surface area contributed by atoms with Crippen LogP contribution in [0.1, 0.15) is 27.7 Å². The summed E-state index contributed by atoms with van der Waals surface area (Å²) in [5.74, 6) is -0.220. The van der Waals surface area contributed by atoms with Gasteiger partial charge in [0.05, 0.1) is 9.86 Å². The second-order valence-corrected chi connectivity index (χ2v) is 9.93. The molecule has 4 nitrogen and oxygen atoms in total. The lowest BCUT2D eigenvalue weighted by molar-refractivity contribution is -0.124. The number of carbonyl (C=O) groups is 2. The molecule has 0 aliphatic heterocycles. The Labute approximate surface area is 127 Å². The Kier molecular flexibility index (Phi) is 6.00. The van der Waals surface area contributed by atoms with Crippen LogP contribution in [0.5, 0.6) is 0 Å². The summed E-state index contributed by atoms with van der Waals surface area (Å²) < 4.78 is -1.23. The molecule has 0 unspecified atom stereocenters. The number of nitrogens with one attached hydrogen (secondary N) is 2. The maximum absolute atomic E-state index is 11.8. The maximum Gasteiger partial charge on any atom is 0.236 e. The fourth-order valence-electron chi connectivity index (χ4n) is 1.01. The van der Waals surface area contributed by atoms with Crippen LogP contribution in [0.15, 0.2) is 0 Å². The molecule has 0 heterocycles. The smallest absolute Gasteiger partial charge is 0.236 e. The van der Waals surface area contributed by atoms with E-state index in [2.05, 4.69) is 42.5 Å². The first-order valence-electron chi connectivity index (χ1n) is 5.74. The van der Waals surface area contributed by atoms with Crippen LogP contribution in [0.25, 0.3) is 0 Å². The predicted molar refractivity (Wildman–Crippen MR) is 87.0 cm³/mol. The van der Waals surface area contributed by atoms with E-state index in [1.807, 2.05) is 13.8 Å². The number of hydrogen-bond donors (Lipinski definition) is 2. The monoisotopic (exact) mass is 380 g/mol. The lowest BCUT2D eigenvalue weighted by atomic mass is 9.69. The molecule has 102 valence electrons. The summed E-state index contributed by atoms with van der Waals surface area (Å²) in [6, 6.07) is 0. The van der Waals surface area contributed by atoms with Gasteiger partial charge in [-0.15, -0.1) is 0 Å². The van der Waals surface area contributed by atoms with Crippen molar-refractivity contribution in [2.75, 3.05) is 6.54 Å². The van der Waals surface area contributed by atoms with Crippen LogP contribution in [0.3, 0.4) is 0 Å². The second-order valence-electron chi connectivity index (χ2n) is 5.97. The Bertz CT molecular complexity index is 336. The van der Waals surface area contributed by atoms with Crippen molar-refractivity contribution in [1.82, 2.24) is 10.6 Å². The molecular formula is C10H20B2Br2N2O2. The first-order valence-corrected chi connectivity index (χ1v) is 7.33. The van der Waals surface area contributed by atoms with Crippen LogP contribution in [0.2, 0.25) is 0 Å². The zero-order valence-electron chi connectivity index (χ0n) is 11.8. The molecule has 0 saturated heterocycles. The Balaban J connectivity index is 4.42. The molecule has 0 fully saturated rings. The van der Waals surface area contributed by atoms with E-state index >= 15 is 0 Å². The van der Waals surface area contributed by atoms with Crippen LogP contribution in [-0.2, 0) is 9.59 Å². The number of halogens is 2. The van der Waals surface area contributed by atoms with E-state index in [9.17, 15) is 9.59 Å². The predicted octanol–water partition coefficient (Wildman–Crippen LogP) is -0.514. The van der Waals surface area contributed by atoms with Crippen molar-refractivity contribution >= 4 is 59.4 Å². The molecule has 0 aromatic heterocycles. The zero-order chi connectivity index (χ0) is 14.8. The van der Waals surface area contributed by atoms with Gasteiger partial charge in [0.2, 0.25) is 11.8 Å². The molecule has 0 bridgehead atoms. The van der Waals surface area contributed by atoms with E-state index in [0.29, 0.717) is 6.54 Å². The summed E-state index contributed by atoms with van der Waals surface area (Å²) >= 11 is 6.59. The minimum absolute atomic E-state index is 0.108. The van der Waals surface area contributed by atoms with Gasteiger partial charge in [-0.25, -0.2) is 0 Å². The lowest BCUT2D eigenvalue weighted by Crippen LogP contribution is -2.57. The van der Waals surface area contributed by atoms with Crippen molar-refractivity contribution in [2.24, 2.45) is 0 Å². The summed E-state index contributed by atoms with van der Waals surface area (Å²) in [5.41, 5.74) is -0.504. The van der Waals surface area contributed by atoms with E-state index < -0.39 is 14.0 Å². The normalized spacial score (nSPS) is 13.0. The van der Waals surface area contributed by atoms with Gasteiger partial charge in [-0.2, -0.15) is 0 Å². The van der Waals surface area contributed by atoms with E-state index in [1.54, 1.807) is 29.5 Å². The van der Waals surface area contributed by atoms with Crippen molar-refractivity contribution in [1.29, 1.82) is 0 Å². The molecular weight excluding hydrogens is 362 g/mol. The minimum Gasteiger partial charge on any atom is -0.353 e. The fraction of sp³-hybridized carbons (Fsp3) is 0.800. The largest absolute Gasteiger partial charge is 0.353 e. The first-order chi connectivity index (χ1) is 7.76. The highest BCUT2D eigenvalue weighted by Gasteiger charge is 2.31. The molecule has 0 spiro atoms. The average molecular weight is 382 g/mol. The van der Waals surface area contributed by atoms with Crippen LogP contribution in [0.4, 0.5) is 0 Å². The molecule has 0 aromatic rings. The second kappa shape index (κ2) is 5.99. The van der Waals surface area contributed by atoms with Gasteiger partial charge in [-0.1, -0.05) is 31.9 Å². The number of alkyl halides is 2. The zero-order valence-corrected chi connectivity index (χ0v) is 15.0. The lowest BCUT2D eigenvalue weighted by Gasteiger charge is -2.31. The van der Waals surface area contributed by atoms with Gasteiger partial charge in [-0.3, -0.25) is 9.59 Å². The molecule has 0 aliphatic rings. The van der Waals surface area contributed by atoms with E-state index in [-0.39, 0.29) is 11.8 Å². The third-order valence-electron chi connectivity index (χ3n) is 2.22. The number of amides is 2. The van der Waals surface area contributed by atoms with Gasteiger partial charge < -0.3 is 10.6 Å². The fourth-order valence-corrected chi connectivity index (χ4v) is 1.25. The SMILES string of the molecule is BC(B)(Br)C(=O)NC(C)(C)CNC(=O)C(C)(C)Br. The minimum atomic E-state index is -0.622. The van der Waals surface area contributed by atoms with E-state index in [4.69, 9.17) is 0 Å². The van der Waals surface area contributed by atoms with Gasteiger partial charge in [-0.05, 0) is 27.7 Å². The number of hydrogen-bond acceptors (Lipinski definition) is 2. The highest BCUT2D eigenvalue weighted by Crippen LogP contribution is 2.16.